The Kier molecular flexibility index (Phi) is 8.39. The third kappa shape index (κ3) is 5.18. The van der Waals surface area contributed by atoms with Gasteiger partial charge in [0.25, 0.3) is 0 Å². The number of benzene rings is 2. The molecule has 5 N–H and O–H groups in total. The van der Waals surface area contributed by atoms with Gasteiger partial charge >= 0.3 is 0 Å². The summed E-state index contributed by atoms with van der Waals surface area (Å²) < 4.78 is 27.9. The van der Waals surface area contributed by atoms with Crippen molar-refractivity contribution in [3.05, 3.63) is 41.2 Å². The van der Waals surface area contributed by atoms with Crippen molar-refractivity contribution in [2.75, 3.05) is 18.9 Å². The fourth-order valence-corrected chi connectivity index (χ4v) is 4.44. The average Bonchev–Trinajstić information content (AvgIpc) is 3.07. The van der Waals surface area contributed by atoms with Gasteiger partial charge in [0.1, 0.15) is 11.6 Å². The summed E-state index contributed by atoms with van der Waals surface area (Å²) in [7, 11) is 0. The molecule has 0 aliphatic carbocycles. The molecule has 32 heavy (non-hydrogen) atoms. The lowest BCUT2D eigenvalue weighted by atomic mass is 10.0. The lowest BCUT2D eigenvalue weighted by Crippen LogP contribution is -2.16. The Hall–Kier alpha value is -2.74. The number of halogens is 1. The summed E-state index contributed by atoms with van der Waals surface area (Å²) in [5.41, 5.74) is 13.5. The number of anilines is 1. The van der Waals surface area contributed by atoms with Crippen LogP contribution >= 0.6 is 11.8 Å². The highest BCUT2D eigenvalue weighted by Crippen LogP contribution is 2.48. The van der Waals surface area contributed by atoms with Gasteiger partial charge in [-0.2, -0.15) is 0 Å². The minimum absolute atomic E-state index is 0.00298. The smallest absolute Gasteiger partial charge is 0.183 e. The van der Waals surface area contributed by atoms with Gasteiger partial charge in [0, 0.05) is 10.6 Å². The lowest BCUT2D eigenvalue weighted by molar-refractivity contribution is 0.276. The third-order valence-electron chi connectivity index (χ3n) is 5.15. The van der Waals surface area contributed by atoms with E-state index in [-0.39, 0.29) is 27.9 Å². The molecule has 6 nitrogen and oxygen atoms in total. The molecule has 2 aromatic rings. The number of ether oxygens (including phenoxy) is 2. The molecule has 0 aromatic heterocycles. The molecule has 0 saturated carbocycles. The van der Waals surface area contributed by atoms with Gasteiger partial charge in [-0.25, -0.2) is 9.38 Å². The summed E-state index contributed by atoms with van der Waals surface area (Å²) in [6.45, 7) is 4.95. The molecule has 0 radical (unpaired) electrons. The van der Waals surface area contributed by atoms with Crippen LogP contribution in [0.4, 0.5) is 10.1 Å². The van der Waals surface area contributed by atoms with Crippen molar-refractivity contribution in [1.82, 2.24) is 0 Å². The molecule has 0 saturated heterocycles. The third-order valence-corrected chi connectivity index (χ3v) is 6.31. The Morgan fingerprint density at radius 1 is 0.938 bits per heavy atom. The SMILES string of the molecule is CCCCCOc1c(F)c(Sc2ccccc2N)c(OCCCCC)c2c1C(=N)N=C2N. The number of nitrogens with zero attached hydrogens (tertiary/aromatic N) is 1. The fourth-order valence-electron chi connectivity index (χ4n) is 3.46. The first-order valence-electron chi connectivity index (χ1n) is 11.1. The van der Waals surface area contributed by atoms with Gasteiger partial charge in [0.05, 0.1) is 29.2 Å². The molecule has 0 spiro atoms. The lowest BCUT2D eigenvalue weighted by Gasteiger charge is -2.20. The maximum atomic E-state index is 15.9. The first-order chi connectivity index (χ1) is 15.5. The van der Waals surface area contributed by atoms with Crippen LogP contribution in [0.3, 0.4) is 0 Å². The van der Waals surface area contributed by atoms with E-state index in [9.17, 15) is 0 Å². The van der Waals surface area contributed by atoms with Crippen molar-refractivity contribution >= 4 is 29.1 Å². The molecule has 2 aromatic carbocycles. The van der Waals surface area contributed by atoms with Crippen molar-refractivity contribution < 1.29 is 13.9 Å². The summed E-state index contributed by atoms with van der Waals surface area (Å²) >= 11 is 1.17. The summed E-state index contributed by atoms with van der Waals surface area (Å²) in [4.78, 5) is 5.04. The number of nitrogen functional groups attached to an aromatic ring is 1. The number of rotatable bonds is 12. The highest BCUT2D eigenvalue weighted by atomic mass is 32.2. The van der Waals surface area contributed by atoms with E-state index >= 15 is 4.39 Å². The highest BCUT2D eigenvalue weighted by molar-refractivity contribution is 7.99. The molecule has 0 atom stereocenters. The molecule has 1 heterocycles. The predicted octanol–water partition coefficient (Wildman–Crippen LogP) is 5.74. The molecule has 0 amide bonds. The largest absolute Gasteiger partial charge is 0.491 e. The highest BCUT2D eigenvalue weighted by Gasteiger charge is 2.34. The maximum Gasteiger partial charge on any atom is 0.183 e. The van der Waals surface area contributed by atoms with E-state index in [1.165, 1.54) is 11.8 Å². The van der Waals surface area contributed by atoms with Crippen LogP contribution in [0.2, 0.25) is 0 Å². The van der Waals surface area contributed by atoms with E-state index < -0.39 is 5.82 Å². The quantitative estimate of drug-likeness (QED) is 0.278. The van der Waals surface area contributed by atoms with Crippen molar-refractivity contribution in [3.8, 4) is 11.5 Å². The van der Waals surface area contributed by atoms with Gasteiger partial charge in [0.15, 0.2) is 17.4 Å². The Balaban J connectivity index is 2.10. The molecule has 0 fully saturated rings. The van der Waals surface area contributed by atoms with Gasteiger partial charge in [-0.3, -0.25) is 5.41 Å². The zero-order valence-electron chi connectivity index (χ0n) is 18.7. The van der Waals surface area contributed by atoms with Gasteiger partial charge in [-0.15, -0.1) is 0 Å². The molecule has 0 unspecified atom stereocenters. The summed E-state index contributed by atoms with van der Waals surface area (Å²) in [5.74, 6) is -0.254. The van der Waals surface area contributed by atoms with Crippen LogP contribution in [0, 0.1) is 11.2 Å². The molecule has 1 aliphatic rings. The van der Waals surface area contributed by atoms with Crippen LogP contribution in [0.5, 0.6) is 11.5 Å². The number of unbranched alkanes of at least 4 members (excludes halogenated alkanes) is 4. The normalized spacial score (nSPS) is 12.6. The fraction of sp³-hybridized carbons (Fsp3) is 0.417. The Morgan fingerprint density at radius 3 is 2.19 bits per heavy atom. The van der Waals surface area contributed by atoms with E-state index in [4.69, 9.17) is 26.4 Å². The second kappa shape index (κ2) is 11.2. The Bertz CT molecular complexity index is 1010. The summed E-state index contributed by atoms with van der Waals surface area (Å²) in [6, 6.07) is 7.27. The second-order valence-electron chi connectivity index (χ2n) is 7.65. The Labute approximate surface area is 193 Å². The molecule has 1 aliphatic heterocycles. The van der Waals surface area contributed by atoms with Crippen LogP contribution < -0.4 is 20.9 Å². The summed E-state index contributed by atoms with van der Waals surface area (Å²) in [5, 5.41) is 8.28. The van der Waals surface area contributed by atoms with Crippen LogP contribution in [0.15, 0.2) is 39.0 Å². The molecule has 0 bridgehead atoms. The van der Waals surface area contributed by atoms with Crippen molar-refractivity contribution in [3.63, 3.8) is 0 Å². The van der Waals surface area contributed by atoms with E-state index in [0.29, 0.717) is 35.1 Å². The maximum absolute atomic E-state index is 15.9. The van der Waals surface area contributed by atoms with Crippen molar-refractivity contribution in [2.45, 2.75) is 62.2 Å². The van der Waals surface area contributed by atoms with Crippen molar-refractivity contribution in [1.29, 1.82) is 5.41 Å². The minimum atomic E-state index is -0.575. The number of fused-ring (bicyclic) bond motifs is 1. The van der Waals surface area contributed by atoms with E-state index in [1.54, 1.807) is 6.07 Å². The molecule has 3 rings (SSSR count). The number of hydrogen-bond donors (Lipinski definition) is 3. The molecular weight excluding hydrogens is 427 g/mol. The molecular formula is C24H31FN4O2S. The van der Waals surface area contributed by atoms with Crippen LogP contribution in [0.25, 0.3) is 0 Å². The standard InChI is InChI=1S/C24H31FN4O2S/c1-3-5-9-13-30-20-17-18(24(28)29-23(17)27)21(31-14-10-6-4-2)22(19(20)25)32-16-12-8-7-11-15(16)26/h7-8,11-12H,3-6,9-10,13-14,26H2,1-2H3,(H3,27,28,29). The van der Waals surface area contributed by atoms with Gasteiger partial charge in [-0.05, 0) is 25.0 Å². The number of aliphatic imine (C=N–C) groups is 1. The second-order valence-corrected chi connectivity index (χ2v) is 8.70. The number of para-hydroxylation sites is 1. The topological polar surface area (TPSA) is 107 Å². The van der Waals surface area contributed by atoms with Crippen molar-refractivity contribution in [2.24, 2.45) is 10.7 Å². The predicted molar refractivity (Wildman–Crippen MR) is 129 cm³/mol. The van der Waals surface area contributed by atoms with E-state index in [1.807, 2.05) is 18.2 Å². The Morgan fingerprint density at radius 2 is 1.56 bits per heavy atom. The summed E-state index contributed by atoms with van der Waals surface area (Å²) in [6.07, 6.45) is 5.65. The van der Waals surface area contributed by atoms with Crippen LogP contribution in [-0.4, -0.2) is 24.9 Å². The molecule has 8 heteroatoms. The zero-order chi connectivity index (χ0) is 23.1. The average molecular weight is 459 g/mol. The monoisotopic (exact) mass is 458 g/mol. The first kappa shape index (κ1) is 23.9. The van der Waals surface area contributed by atoms with E-state index in [2.05, 4.69) is 18.8 Å². The number of nitrogens with two attached hydrogens (primary N) is 2. The van der Waals surface area contributed by atoms with Gasteiger partial charge in [0.2, 0.25) is 0 Å². The van der Waals surface area contributed by atoms with E-state index in [0.717, 1.165) is 38.5 Å². The first-order valence-corrected chi connectivity index (χ1v) is 11.9. The van der Waals surface area contributed by atoms with Crippen LogP contribution in [-0.2, 0) is 0 Å². The zero-order valence-corrected chi connectivity index (χ0v) is 19.5. The minimum Gasteiger partial charge on any atom is -0.491 e. The van der Waals surface area contributed by atoms with Gasteiger partial charge in [-0.1, -0.05) is 63.4 Å². The number of nitrogens with one attached hydrogen (secondary N) is 1. The van der Waals surface area contributed by atoms with Gasteiger partial charge < -0.3 is 20.9 Å². The van der Waals surface area contributed by atoms with Crippen LogP contribution in [0.1, 0.15) is 63.5 Å². The molecule has 172 valence electrons. The number of amidine groups is 2. The number of hydrogen-bond acceptors (Lipinski definition) is 6.